The van der Waals surface area contributed by atoms with Gasteiger partial charge in [0.1, 0.15) is 61.2 Å². The van der Waals surface area contributed by atoms with Crippen LogP contribution in [0.15, 0.2) is 36.9 Å². The molecule has 2 aliphatic rings. The number of benzene rings is 1. The summed E-state index contributed by atoms with van der Waals surface area (Å²) in [6.07, 6.45) is -16.3. The summed E-state index contributed by atoms with van der Waals surface area (Å²) in [5.41, 5.74) is 0.443. The lowest BCUT2D eigenvalue weighted by atomic mass is 9.99. The molecule has 238 valence electrons. The molecule has 17 nitrogen and oxygen atoms in total. The molecule has 3 rings (SSSR count). The number of amides is 1. The highest BCUT2D eigenvalue weighted by Crippen LogP contribution is 2.28. The van der Waals surface area contributed by atoms with Gasteiger partial charge in [0.05, 0.1) is 19.3 Å². The van der Waals surface area contributed by atoms with Crippen molar-refractivity contribution in [3.63, 3.8) is 0 Å². The van der Waals surface area contributed by atoms with Gasteiger partial charge in [-0.05, 0) is 37.3 Å². The van der Waals surface area contributed by atoms with Crippen LogP contribution in [0.1, 0.15) is 6.92 Å². The van der Waals surface area contributed by atoms with Gasteiger partial charge in [-0.3, -0.25) is 9.35 Å². The Labute approximate surface area is 240 Å². The van der Waals surface area contributed by atoms with Crippen LogP contribution >= 0.6 is 0 Å². The summed E-state index contributed by atoms with van der Waals surface area (Å²) in [5, 5.41) is 63.3. The average molecular weight is 626 g/mol. The fourth-order valence-corrected chi connectivity index (χ4v) is 4.61. The quantitative estimate of drug-likeness (QED) is 0.0804. The molecule has 0 spiro atoms. The minimum atomic E-state index is -5.16. The molecule has 18 heteroatoms. The minimum absolute atomic E-state index is 0.280. The highest BCUT2D eigenvalue weighted by atomic mass is 32.3. The van der Waals surface area contributed by atoms with Gasteiger partial charge in [-0.1, -0.05) is 6.58 Å². The summed E-state index contributed by atoms with van der Waals surface area (Å²) in [6.45, 7) is 3.14. The Morgan fingerprint density at radius 3 is 2.26 bits per heavy atom. The minimum Gasteiger partial charge on any atom is -0.491 e. The Kier molecular flexibility index (Phi) is 12.2. The van der Waals surface area contributed by atoms with Gasteiger partial charge < -0.3 is 59.6 Å². The van der Waals surface area contributed by atoms with E-state index in [4.69, 9.17) is 28.2 Å². The van der Waals surface area contributed by atoms with E-state index in [9.17, 15) is 43.9 Å². The fraction of sp³-hybridized carbons (Fsp3) is 0.625. The Morgan fingerprint density at radius 1 is 1.00 bits per heavy atom. The van der Waals surface area contributed by atoms with Crippen molar-refractivity contribution in [1.82, 2.24) is 0 Å². The highest BCUT2D eigenvalue weighted by Gasteiger charge is 2.49. The molecule has 1 aromatic rings. The van der Waals surface area contributed by atoms with Crippen LogP contribution in [-0.2, 0) is 38.3 Å². The Hall–Kier alpha value is -2.30. The number of nitrogens with one attached hydrogen (secondary N) is 1. The van der Waals surface area contributed by atoms with Gasteiger partial charge in [-0.25, -0.2) is 4.18 Å². The first-order valence-electron chi connectivity index (χ1n) is 12.6. The molecule has 11 atom stereocenters. The van der Waals surface area contributed by atoms with Crippen LogP contribution in [0.2, 0.25) is 0 Å². The summed E-state index contributed by atoms with van der Waals surface area (Å²) in [6, 6.07) is 6.07. The maximum Gasteiger partial charge on any atom is 0.397 e. The number of ether oxygens (including phenoxy) is 5. The third-order valence-electron chi connectivity index (χ3n) is 6.38. The maximum absolute atomic E-state index is 11.5. The van der Waals surface area contributed by atoms with Crippen molar-refractivity contribution in [3.8, 4) is 5.75 Å². The molecule has 1 unspecified atom stereocenters. The van der Waals surface area contributed by atoms with E-state index < -0.39 is 97.0 Å². The highest BCUT2D eigenvalue weighted by molar-refractivity contribution is 7.80. The molecule has 0 bridgehead atoms. The van der Waals surface area contributed by atoms with Crippen molar-refractivity contribution >= 4 is 22.0 Å². The Balaban J connectivity index is 1.76. The smallest absolute Gasteiger partial charge is 0.397 e. The topological polar surface area (TPSA) is 260 Å². The fourth-order valence-electron chi connectivity index (χ4n) is 4.11. The van der Waals surface area contributed by atoms with Gasteiger partial charge in [0.2, 0.25) is 5.91 Å². The standard InChI is InChI=1S/C24H35NO16S/c1-3-16(27)25-12-4-6-13(7-5-12)36-9-14(10-37-23-20(31)19(30)17(28)11(2)38-23)39-24-21(32)22(41-42(33,34)35)18(29)15(8-26)40-24/h3-7,11,14-15,17-24,26,28-32H,1,8-10H2,2H3,(H,25,27)(H,33,34,35)/t11-,14?,15+,17+,18-,19+,20-,21+,22-,23+,24+/m0/s1. The van der Waals surface area contributed by atoms with Crippen molar-refractivity contribution < 1.29 is 76.3 Å². The van der Waals surface area contributed by atoms with Crippen LogP contribution in [0.3, 0.4) is 0 Å². The monoisotopic (exact) mass is 625 g/mol. The molecule has 0 aliphatic carbocycles. The van der Waals surface area contributed by atoms with E-state index in [0.717, 1.165) is 6.08 Å². The van der Waals surface area contributed by atoms with Gasteiger partial charge in [-0.2, -0.15) is 8.42 Å². The lowest BCUT2D eigenvalue weighted by molar-refractivity contribution is -0.325. The van der Waals surface area contributed by atoms with E-state index in [1.54, 1.807) is 0 Å². The third-order valence-corrected chi connectivity index (χ3v) is 6.84. The Morgan fingerprint density at radius 2 is 1.67 bits per heavy atom. The molecule has 0 saturated carbocycles. The normalized spacial score (nSPS) is 34.4. The number of hydrogen-bond donors (Lipinski definition) is 8. The summed E-state index contributed by atoms with van der Waals surface area (Å²) in [7, 11) is -5.16. The molecule has 2 fully saturated rings. The van der Waals surface area contributed by atoms with Crippen molar-refractivity contribution in [3.05, 3.63) is 36.9 Å². The zero-order chi connectivity index (χ0) is 31.2. The van der Waals surface area contributed by atoms with E-state index in [0.29, 0.717) is 5.69 Å². The van der Waals surface area contributed by atoms with Crippen LogP contribution in [0.5, 0.6) is 5.75 Å². The molecule has 1 amide bonds. The van der Waals surface area contributed by atoms with Crippen LogP contribution in [-0.4, -0.2) is 137 Å². The van der Waals surface area contributed by atoms with E-state index in [2.05, 4.69) is 16.1 Å². The van der Waals surface area contributed by atoms with E-state index in [-0.39, 0.29) is 12.4 Å². The van der Waals surface area contributed by atoms with E-state index >= 15 is 0 Å². The van der Waals surface area contributed by atoms with Crippen LogP contribution in [0.4, 0.5) is 5.69 Å². The molecule has 2 saturated heterocycles. The molecule has 1 aromatic carbocycles. The first-order valence-corrected chi connectivity index (χ1v) is 14.0. The molecule has 0 radical (unpaired) electrons. The number of anilines is 1. The van der Waals surface area contributed by atoms with Gasteiger partial charge in [-0.15, -0.1) is 0 Å². The van der Waals surface area contributed by atoms with Crippen LogP contribution in [0, 0.1) is 0 Å². The van der Waals surface area contributed by atoms with Gasteiger partial charge in [0.25, 0.3) is 0 Å². The van der Waals surface area contributed by atoms with Gasteiger partial charge in [0.15, 0.2) is 12.6 Å². The van der Waals surface area contributed by atoms with Crippen LogP contribution < -0.4 is 10.1 Å². The molecular formula is C24H35NO16S. The molecule has 42 heavy (non-hydrogen) atoms. The largest absolute Gasteiger partial charge is 0.491 e. The third kappa shape index (κ3) is 9.10. The first-order chi connectivity index (χ1) is 19.7. The van der Waals surface area contributed by atoms with Crippen LogP contribution in [0.25, 0.3) is 0 Å². The van der Waals surface area contributed by atoms with Gasteiger partial charge >= 0.3 is 10.4 Å². The zero-order valence-electron chi connectivity index (χ0n) is 22.3. The van der Waals surface area contributed by atoms with Crippen molar-refractivity contribution in [2.24, 2.45) is 0 Å². The number of carbonyl (C=O) groups excluding carboxylic acids is 1. The predicted molar refractivity (Wildman–Crippen MR) is 138 cm³/mol. The number of hydrogen-bond acceptors (Lipinski definition) is 15. The Bertz CT molecular complexity index is 1140. The van der Waals surface area contributed by atoms with Crippen molar-refractivity contribution in [2.45, 2.75) is 74.4 Å². The molecule has 8 N–H and O–H groups in total. The summed E-state index contributed by atoms with van der Waals surface area (Å²) in [5.74, 6) is -0.148. The van der Waals surface area contributed by atoms with Gasteiger partial charge in [0, 0.05) is 5.69 Å². The molecule has 0 aromatic heterocycles. The number of carbonyl (C=O) groups is 1. The average Bonchev–Trinajstić information content (AvgIpc) is 2.95. The number of aliphatic hydroxyl groups excluding tert-OH is 6. The lowest BCUT2D eigenvalue weighted by Gasteiger charge is -2.42. The molecular weight excluding hydrogens is 590 g/mol. The van der Waals surface area contributed by atoms with E-state index in [1.165, 1.54) is 31.2 Å². The lowest BCUT2D eigenvalue weighted by Crippen LogP contribution is -2.61. The van der Waals surface area contributed by atoms with Crippen molar-refractivity contribution in [1.29, 1.82) is 0 Å². The second kappa shape index (κ2) is 14.9. The number of rotatable bonds is 13. The first kappa shape index (κ1) is 34.2. The van der Waals surface area contributed by atoms with Crippen molar-refractivity contribution in [2.75, 3.05) is 25.1 Å². The number of aliphatic hydroxyl groups is 6. The summed E-state index contributed by atoms with van der Waals surface area (Å²) in [4.78, 5) is 11.5. The maximum atomic E-state index is 11.5. The molecule has 2 heterocycles. The summed E-state index contributed by atoms with van der Waals surface area (Å²) >= 11 is 0. The SMILES string of the molecule is C=CC(=O)Nc1ccc(OCC(CO[C@@H]2O[C@@H](C)[C@@H](O)[C@@H](O)[C@@H]2O)O[C@@H]2O[C@H](CO)[C@H](O)[C@H](OS(=O)(=O)O)[C@H]2O)cc1. The zero-order valence-corrected chi connectivity index (χ0v) is 23.1. The second-order valence-corrected chi connectivity index (χ2v) is 10.5. The summed E-state index contributed by atoms with van der Waals surface area (Å²) < 4.78 is 63.8. The second-order valence-electron chi connectivity index (χ2n) is 9.50. The predicted octanol–water partition coefficient (Wildman–Crippen LogP) is -2.95. The van der Waals surface area contributed by atoms with E-state index in [1.807, 2.05) is 0 Å². The molecule has 2 aliphatic heterocycles.